The smallest absolute Gasteiger partial charge is 0.229 e. The molecule has 0 aliphatic heterocycles. The predicted molar refractivity (Wildman–Crippen MR) is 79.8 cm³/mol. The van der Waals surface area contributed by atoms with Crippen molar-refractivity contribution in [3.8, 4) is 0 Å². The molecule has 0 radical (unpaired) electrons. The molecule has 2 atom stereocenters. The van der Waals surface area contributed by atoms with Gasteiger partial charge in [0.2, 0.25) is 11.0 Å². The number of carbonyl (C=O) groups excluding carboxylic acids is 1. The van der Waals surface area contributed by atoms with Gasteiger partial charge in [0, 0.05) is 11.8 Å². The summed E-state index contributed by atoms with van der Waals surface area (Å²) >= 11 is 1.45. The highest BCUT2D eigenvalue weighted by Crippen LogP contribution is 2.32. The molecule has 1 aliphatic rings. The maximum Gasteiger partial charge on any atom is 0.229 e. The minimum absolute atomic E-state index is 0. The topological polar surface area (TPSA) is 80.9 Å². The summed E-state index contributed by atoms with van der Waals surface area (Å²) in [6, 6.07) is 0. The van der Waals surface area contributed by atoms with E-state index in [9.17, 15) is 4.79 Å². The Labute approximate surface area is 123 Å². The molecule has 0 aromatic carbocycles. The van der Waals surface area contributed by atoms with Crippen LogP contribution in [0.3, 0.4) is 0 Å². The van der Waals surface area contributed by atoms with Crippen LogP contribution in [-0.2, 0) is 4.79 Å². The van der Waals surface area contributed by atoms with Crippen molar-refractivity contribution < 1.29 is 4.79 Å². The highest BCUT2D eigenvalue weighted by molar-refractivity contribution is 7.15. The van der Waals surface area contributed by atoms with E-state index in [1.54, 1.807) is 0 Å². The van der Waals surface area contributed by atoms with Crippen molar-refractivity contribution in [3.63, 3.8) is 0 Å². The Morgan fingerprint density at radius 3 is 2.79 bits per heavy atom. The first-order chi connectivity index (χ1) is 8.61. The summed E-state index contributed by atoms with van der Waals surface area (Å²) in [7, 11) is 0. The van der Waals surface area contributed by atoms with Crippen LogP contribution in [0.25, 0.3) is 0 Å². The van der Waals surface area contributed by atoms with Crippen molar-refractivity contribution in [2.24, 2.45) is 17.6 Å². The van der Waals surface area contributed by atoms with Gasteiger partial charge in [-0.1, -0.05) is 31.6 Å². The van der Waals surface area contributed by atoms with E-state index in [1.165, 1.54) is 11.3 Å². The van der Waals surface area contributed by atoms with Crippen LogP contribution in [0.15, 0.2) is 0 Å². The zero-order chi connectivity index (χ0) is 13.1. The maximum absolute atomic E-state index is 12.1. The number of aromatic nitrogens is 2. The van der Waals surface area contributed by atoms with Crippen molar-refractivity contribution in [2.75, 3.05) is 11.9 Å². The van der Waals surface area contributed by atoms with E-state index in [0.717, 1.165) is 24.3 Å². The zero-order valence-corrected chi connectivity index (χ0v) is 12.9. The summed E-state index contributed by atoms with van der Waals surface area (Å²) in [5.41, 5.74) is 5.69. The summed E-state index contributed by atoms with van der Waals surface area (Å²) in [4.78, 5) is 12.1. The van der Waals surface area contributed by atoms with Gasteiger partial charge in [0.25, 0.3) is 0 Å². The lowest BCUT2D eigenvalue weighted by molar-refractivity contribution is -0.120. The van der Waals surface area contributed by atoms with Gasteiger partial charge in [-0.15, -0.1) is 22.6 Å². The number of carbonyl (C=O) groups is 1. The Balaban J connectivity index is 0.00000180. The number of hydrogen-bond acceptors (Lipinski definition) is 5. The third-order valence-corrected chi connectivity index (χ3v) is 4.60. The van der Waals surface area contributed by atoms with Gasteiger partial charge in [0.15, 0.2) is 0 Å². The monoisotopic (exact) mass is 304 g/mol. The lowest BCUT2D eigenvalue weighted by atomic mass is 9.95. The molecule has 1 heterocycles. The molecule has 7 heteroatoms. The number of hydrogen-bond donors (Lipinski definition) is 2. The first kappa shape index (κ1) is 16.3. The Kier molecular flexibility index (Phi) is 6.16. The number of halogens is 1. The molecule has 0 spiro atoms. The van der Waals surface area contributed by atoms with Crippen LogP contribution in [0, 0.1) is 11.8 Å². The van der Waals surface area contributed by atoms with E-state index in [4.69, 9.17) is 5.73 Å². The average Bonchev–Trinajstić information content (AvgIpc) is 2.96. The molecule has 19 heavy (non-hydrogen) atoms. The lowest BCUT2D eigenvalue weighted by Crippen LogP contribution is -2.29. The quantitative estimate of drug-likeness (QED) is 0.895. The molecule has 5 nitrogen and oxygen atoms in total. The van der Waals surface area contributed by atoms with E-state index >= 15 is 0 Å². The molecule has 1 aromatic heterocycles. The van der Waals surface area contributed by atoms with Gasteiger partial charge >= 0.3 is 0 Å². The van der Waals surface area contributed by atoms with E-state index in [2.05, 4.69) is 29.4 Å². The van der Waals surface area contributed by atoms with E-state index in [0.29, 0.717) is 23.5 Å². The SMILES string of the molecule is CC(C)c1nnc(NC(=O)[C@@H]2CCC[C@@H]2CN)s1.Cl. The van der Waals surface area contributed by atoms with Gasteiger partial charge in [-0.25, -0.2) is 0 Å². The third kappa shape index (κ3) is 3.87. The van der Waals surface area contributed by atoms with Crippen LogP contribution < -0.4 is 11.1 Å². The molecule has 2 rings (SSSR count). The molecule has 0 unspecified atom stereocenters. The van der Waals surface area contributed by atoms with Crippen LogP contribution in [-0.4, -0.2) is 22.6 Å². The summed E-state index contributed by atoms with van der Waals surface area (Å²) in [6.45, 7) is 4.71. The molecule has 1 fully saturated rings. The van der Waals surface area contributed by atoms with Crippen molar-refractivity contribution in [1.82, 2.24) is 10.2 Å². The Morgan fingerprint density at radius 2 is 2.21 bits per heavy atom. The number of nitrogens with two attached hydrogens (primary N) is 1. The van der Waals surface area contributed by atoms with Crippen LogP contribution in [0.2, 0.25) is 0 Å². The van der Waals surface area contributed by atoms with Gasteiger partial charge in [0.1, 0.15) is 5.01 Å². The molecule has 0 saturated heterocycles. The van der Waals surface area contributed by atoms with Gasteiger partial charge < -0.3 is 11.1 Å². The fourth-order valence-corrected chi connectivity index (χ4v) is 3.13. The molecule has 1 aliphatic carbocycles. The van der Waals surface area contributed by atoms with Crippen LogP contribution in [0.5, 0.6) is 0 Å². The molecular weight excluding hydrogens is 284 g/mol. The summed E-state index contributed by atoms with van der Waals surface area (Å²) in [5.74, 6) is 0.759. The number of nitrogens with zero attached hydrogens (tertiary/aromatic N) is 2. The molecule has 1 aromatic rings. The molecular formula is C12H21ClN4OS. The Hall–Kier alpha value is -0.720. The van der Waals surface area contributed by atoms with Gasteiger partial charge in [-0.05, 0) is 25.3 Å². The highest BCUT2D eigenvalue weighted by Gasteiger charge is 2.32. The number of rotatable bonds is 4. The largest absolute Gasteiger partial charge is 0.330 e. The first-order valence-corrected chi connectivity index (χ1v) is 7.27. The predicted octanol–water partition coefficient (Wildman–Crippen LogP) is 2.40. The Morgan fingerprint density at radius 1 is 1.47 bits per heavy atom. The first-order valence-electron chi connectivity index (χ1n) is 6.46. The van der Waals surface area contributed by atoms with Crippen molar-refractivity contribution in [1.29, 1.82) is 0 Å². The van der Waals surface area contributed by atoms with Crippen molar-refractivity contribution in [2.45, 2.75) is 39.0 Å². The Bertz CT molecular complexity index is 424. The standard InChI is InChI=1S/C12H20N4OS.ClH/c1-7(2)11-15-16-12(18-11)14-10(17)9-5-3-4-8(9)6-13;/h7-9H,3-6,13H2,1-2H3,(H,14,16,17);1H/t8-,9-;/m1./s1. The third-order valence-electron chi connectivity index (χ3n) is 3.46. The normalized spacial score (nSPS) is 22.3. The van der Waals surface area contributed by atoms with Gasteiger partial charge in [-0.3, -0.25) is 4.79 Å². The summed E-state index contributed by atoms with van der Waals surface area (Å²) in [6.07, 6.45) is 3.08. The number of nitrogens with one attached hydrogen (secondary N) is 1. The zero-order valence-electron chi connectivity index (χ0n) is 11.3. The highest BCUT2D eigenvalue weighted by atomic mass is 35.5. The minimum atomic E-state index is 0. The fraction of sp³-hybridized carbons (Fsp3) is 0.750. The van der Waals surface area contributed by atoms with Gasteiger partial charge in [-0.2, -0.15) is 0 Å². The van der Waals surface area contributed by atoms with Crippen LogP contribution in [0.1, 0.15) is 44.0 Å². The summed E-state index contributed by atoms with van der Waals surface area (Å²) < 4.78 is 0. The lowest BCUT2D eigenvalue weighted by Gasteiger charge is -2.15. The fourth-order valence-electron chi connectivity index (χ4n) is 2.38. The average molecular weight is 305 g/mol. The number of anilines is 1. The van der Waals surface area contributed by atoms with E-state index in [-0.39, 0.29) is 24.2 Å². The maximum atomic E-state index is 12.1. The number of amides is 1. The van der Waals surface area contributed by atoms with Gasteiger partial charge in [0.05, 0.1) is 0 Å². The second-order valence-corrected chi connectivity index (χ2v) is 6.13. The second-order valence-electron chi connectivity index (χ2n) is 5.12. The van der Waals surface area contributed by atoms with Crippen LogP contribution in [0.4, 0.5) is 5.13 Å². The summed E-state index contributed by atoms with van der Waals surface area (Å²) in [5, 5.41) is 12.5. The second kappa shape index (κ2) is 7.17. The van der Waals surface area contributed by atoms with E-state index < -0.39 is 0 Å². The van der Waals surface area contributed by atoms with E-state index in [1.807, 2.05) is 0 Å². The van der Waals surface area contributed by atoms with Crippen LogP contribution >= 0.6 is 23.7 Å². The molecule has 3 N–H and O–H groups in total. The van der Waals surface area contributed by atoms with Crippen molar-refractivity contribution in [3.05, 3.63) is 5.01 Å². The molecule has 1 amide bonds. The van der Waals surface area contributed by atoms with Crippen molar-refractivity contribution >= 4 is 34.8 Å². The minimum Gasteiger partial charge on any atom is -0.330 e. The molecule has 1 saturated carbocycles. The molecule has 108 valence electrons. The molecule has 0 bridgehead atoms.